The SMILES string of the molecule is CN(CN(Cc1cc(CN(CN(C)C(=S)S)C(=S)S)c(N(C(=S)S)C(=S)S)c(CN(CN(C)C(=S)S)C(=S)S)c1)C(=S)S)C(=S)S. The van der Waals surface area contributed by atoms with E-state index in [1.165, 1.54) is 0 Å². The summed E-state index contributed by atoms with van der Waals surface area (Å²) in [5, 5.41) is 0. The van der Waals surface area contributed by atoms with Crippen molar-refractivity contribution in [1.82, 2.24) is 29.4 Å². The van der Waals surface area contributed by atoms with Crippen LogP contribution in [0.2, 0.25) is 0 Å². The number of anilines is 1. The lowest BCUT2D eigenvalue weighted by atomic mass is 10.00. The number of nitrogens with zero attached hydrogens (tertiary/aromatic N) is 7. The molecule has 0 heterocycles. The lowest BCUT2D eigenvalue weighted by Crippen LogP contribution is -2.40. The van der Waals surface area contributed by atoms with Crippen LogP contribution in [0.5, 0.6) is 0 Å². The monoisotopic (exact) mass is 917 g/mol. The fourth-order valence-electron chi connectivity index (χ4n) is 3.84. The van der Waals surface area contributed by atoms with E-state index in [2.05, 4.69) is 101 Å². The molecule has 254 valence electrons. The lowest BCUT2D eigenvalue weighted by molar-refractivity contribution is 0.305. The van der Waals surface area contributed by atoms with Gasteiger partial charge in [0.15, 0.2) is 0 Å². The molecule has 0 saturated carbocycles. The van der Waals surface area contributed by atoms with Gasteiger partial charge in [-0.3, -0.25) is 4.90 Å². The zero-order chi connectivity index (χ0) is 35.6. The third-order valence-electron chi connectivity index (χ3n) is 5.97. The predicted octanol–water partition coefficient (Wildman–Crippen LogP) is 6.28. The topological polar surface area (TPSA) is 22.7 Å². The Kier molecular flexibility index (Phi) is 21.3. The molecule has 0 N–H and O–H groups in total. The van der Waals surface area contributed by atoms with Gasteiger partial charge in [-0.25, -0.2) is 0 Å². The first-order valence-electron chi connectivity index (χ1n) is 12.3. The van der Waals surface area contributed by atoms with Gasteiger partial charge in [0.1, 0.15) is 34.6 Å². The van der Waals surface area contributed by atoms with E-state index in [1.54, 1.807) is 33.7 Å². The normalized spacial score (nSPS) is 10.4. The van der Waals surface area contributed by atoms with E-state index in [0.717, 1.165) is 16.7 Å². The van der Waals surface area contributed by atoms with E-state index in [0.29, 0.717) is 58.2 Å². The number of hydrogen-bond acceptors (Lipinski definition) is 8. The van der Waals surface area contributed by atoms with E-state index < -0.39 is 0 Å². The highest BCUT2D eigenvalue weighted by atomic mass is 32.2. The molecule has 1 rings (SSSR count). The maximum Gasteiger partial charge on any atom is 0.143 e. The van der Waals surface area contributed by atoms with Crippen molar-refractivity contribution in [2.24, 2.45) is 0 Å². The number of thiocarbonyl (C=S) groups is 8. The second-order valence-electron chi connectivity index (χ2n) is 9.47. The predicted molar refractivity (Wildman–Crippen MR) is 256 cm³/mol. The summed E-state index contributed by atoms with van der Waals surface area (Å²) < 4.78 is 2.54. The van der Waals surface area contributed by atoms with Crippen molar-refractivity contribution in [3.63, 3.8) is 0 Å². The number of rotatable bonds is 13. The molecule has 0 aliphatic rings. The van der Waals surface area contributed by atoms with Crippen LogP contribution in [0.1, 0.15) is 16.7 Å². The van der Waals surface area contributed by atoms with E-state index in [1.807, 2.05) is 33.9 Å². The first-order valence-corrected chi connectivity index (χ1v) is 19.2. The third-order valence-corrected chi connectivity index (χ3v) is 10.3. The molecule has 7 nitrogen and oxygen atoms in total. The Morgan fingerprint density at radius 2 is 0.739 bits per heavy atom. The lowest BCUT2D eigenvalue weighted by Gasteiger charge is -2.35. The summed E-state index contributed by atoms with van der Waals surface area (Å²) >= 11 is 78.9. The molecule has 0 aromatic heterocycles. The standard InChI is InChI=1S/C23H31N7S16/c1-24(16(31)32)9-27(19(37)38)6-12-4-13(7-28(20(39)40)10-25(2)17(33)34)15(30(22(43)44)23(45)46)14(5-12)8-29(21(41)42)11-26(3)18(35)36/h4-5H,6-11H2,1-3H3,(H,31,32)(H,33,34)(H,35,36)(H,37,38)(H,39,40)(H,41,42)(H,43,44)(H,45,46). The highest BCUT2D eigenvalue weighted by molar-refractivity contribution is 8.15. The maximum absolute atomic E-state index is 5.56. The molecule has 0 saturated heterocycles. The van der Waals surface area contributed by atoms with E-state index in [9.17, 15) is 0 Å². The smallest absolute Gasteiger partial charge is 0.143 e. The Labute approximate surface area is 358 Å². The van der Waals surface area contributed by atoms with Gasteiger partial charge in [-0.15, -0.1) is 101 Å². The molecule has 0 bridgehead atoms. The second-order valence-corrected chi connectivity index (χ2v) is 18.4. The van der Waals surface area contributed by atoms with Crippen LogP contribution in [-0.4, -0.2) is 105 Å². The van der Waals surface area contributed by atoms with Crippen LogP contribution in [0.3, 0.4) is 0 Å². The highest BCUT2D eigenvalue weighted by Crippen LogP contribution is 2.34. The molecule has 23 heteroatoms. The minimum Gasteiger partial charge on any atom is -0.343 e. The van der Waals surface area contributed by atoms with Gasteiger partial charge in [-0.05, 0) is 16.7 Å². The first-order chi connectivity index (χ1) is 21.2. The number of hydrogen-bond donors (Lipinski definition) is 8. The first kappa shape index (κ1) is 45.4. The Bertz CT molecular complexity index is 1310. The van der Waals surface area contributed by atoms with Crippen molar-refractivity contribution in [2.45, 2.75) is 19.6 Å². The van der Waals surface area contributed by atoms with E-state index >= 15 is 0 Å². The quantitative estimate of drug-likeness (QED) is 0.0647. The van der Waals surface area contributed by atoms with Crippen molar-refractivity contribution >= 4 is 239 Å². The van der Waals surface area contributed by atoms with Gasteiger partial charge in [0.25, 0.3) is 0 Å². The van der Waals surface area contributed by atoms with Crippen LogP contribution in [0.4, 0.5) is 5.69 Å². The Balaban J connectivity index is 4.11. The van der Waals surface area contributed by atoms with Crippen molar-refractivity contribution in [3.05, 3.63) is 28.8 Å². The summed E-state index contributed by atoms with van der Waals surface area (Å²) in [7, 11) is 5.42. The summed E-state index contributed by atoms with van der Waals surface area (Å²) in [6.07, 6.45) is 0. The van der Waals surface area contributed by atoms with Crippen LogP contribution in [-0.2, 0) is 19.6 Å². The molecule has 0 atom stereocenters. The molecule has 0 aliphatic heterocycles. The second kappa shape index (κ2) is 21.6. The molecule has 0 fully saturated rings. The van der Waals surface area contributed by atoms with Gasteiger partial charge in [-0.2, -0.15) is 0 Å². The molecular formula is C23H31N7S16. The zero-order valence-corrected chi connectivity index (χ0v) is 38.1. The average Bonchev–Trinajstić information content (AvgIpc) is 2.92. The minimum absolute atomic E-state index is 0.180. The van der Waals surface area contributed by atoms with Gasteiger partial charge in [0.2, 0.25) is 0 Å². The van der Waals surface area contributed by atoms with Gasteiger partial charge in [0.05, 0.1) is 25.7 Å². The Morgan fingerprint density at radius 1 is 0.457 bits per heavy atom. The van der Waals surface area contributed by atoms with Crippen LogP contribution < -0.4 is 4.90 Å². The summed E-state index contributed by atoms with van der Waals surface area (Å²) in [5.74, 6) is 0. The number of benzene rings is 1. The zero-order valence-electron chi connectivity index (χ0n) is 24.4. The Morgan fingerprint density at radius 3 is 0.978 bits per heavy atom. The fraction of sp³-hybridized carbons (Fsp3) is 0.391. The van der Waals surface area contributed by atoms with Gasteiger partial charge in [-0.1, -0.05) is 110 Å². The van der Waals surface area contributed by atoms with Crippen LogP contribution >= 0.6 is 199 Å². The van der Waals surface area contributed by atoms with Crippen LogP contribution in [0.25, 0.3) is 0 Å². The van der Waals surface area contributed by atoms with Crippen LogP contribution in [0.15, 0.2) is 12.1 Å². The van der Waals surface area contributed by atoms with Crippen molar-refractivity contribution in [3.8, 4) is 0 Å². The Hall–Kier alpha value is 1.34. The summed E-state index contributed by atoms with van der Waals surface area (Å²) in [6, 6.07) is 4.00. The minimum atomic E-state index is 0.180. The van der Waals surface area contributed by atoms with Crippen molar-refractivity contribution in [2.75, 3.05) is 46.0 Å². The molecule has 0 unspecified atom stereocenters. The van der Waals surface area contributed by atoms with Crippen molar-refractivity contribution in [1.29, 1.82) is 0 Å². The van der Waals surface area contributed by atoms with Gasteiger partial charge in [0, 0.05) is 40.8 Å². The molecule has 0 amide bonds. The van der Waals surface area contributed by atoms with Gasteiger partial charge < -0.3 is 29.4 Å². The average molecular weight is 919 g/mol. The van der Waals surface area contributed by atoms with E-state index in [-0.39, 0.29) is 21.7 Å². The maximum atomic E-state index is 5.56. The number of thiol groups is 8. The van der Waals surface area contributed by atoms with E-state index in [4.69, 9.17) is 97.7 Å². The van der Waals surface area contributed by atoms with Gasteiger partial charge >= 0.3 is 0 Å². The molecule has 1 aromatic carbocycles. The summed E-state index contributed by atoms with van der Waals surface area (Å²) in [4.78, 5) is 12.4. The molecule has 0 spiro atoms. The fourth-order valence-corrected chi connectivity index (χ4v) is 6.01. The largest absolute Gasteiger partial charge is 0.343 e. The molecule has 46 heavy (non-hydrogen) atoms. The molecular weight excluding hydrogens is 887 g/mol. The molecule has 1 aromatic rings. The van der Waals surface area contributed by atoms with Crippen LogP contribution in [0, 0.1) is 0 Å². The van der Waals surface area contributed by atoms with Crippen molar-refractivity contribution < 1.29 is 0 Å². The highest BCUT2D eigenvalue weighted by Gasteiger charge is 2.26. The molecule has 0 radical (unpaired) electrons. The molecule has 0 aliphatic carbocycles. The summed E-state index contributed by atoms with van der Waals surface area (Å²) in [6.45, 7) is 1.83. The summed E-state index contributed by atoms with van der Waals surface area (Å²) in [5.41, 5.74) is 3.03. The third kappa shape index (κ3) is 14.9.